The summed E-state index contributed by atoms with van der Waals surface area (Å²) in [6, 6.07) is 10.2. The number of aryl methyl sites for hydroxylation is 2. The Morgan fingerprint density at radius 2 is 1.86 bits per heavy atom. The maximum atomic E-state index is 12.6. The van der Waals surface area contributed by atoms with E-state index in [1.165, 1.54) is 6.21 Å². The van der Waals surface area contributed by atoms with Crippen molar-refractivity contribution >= 4 is 35.1 Å². The Balaban J connectivity index is 1.63. The second kappa shape index (κ2) is 9.04. The number of rotatable bonds is 5. The Bertz CT molecular complexity index is 1290. The average Bonchev–Trinajstić information content (AvgIpc) is 3.40. The predicted octanol–water partition coefficient (Wildman–Crippen LogP) is 4.96. The second-order valence-corrected chi connectivity index (χ2v) is 9.96. The molecule has 0 unspecified atom stereocenters. The highest BCUT2D eigenvalue weighted by atomic mass is 35.5. The summed E-state index contributed by atoms with van der Waals surface area (Å²) in [5, 5.41) is 14.6. The summed E-state index contributed by atoms with van der Waals surface area (Å²) in [7, 11) is 1.85. The van der Waals surface area contributed by atoms with Gasteiger partial charge in [-0.05, 0) is 62.9 Å². The van der Waals surface area contributed by atoms with Crippen LogP contribution in [0.15, 0.2) is 36.5 Å². The molecule has 5 rings (SSSR count). The van der Waals surface area contributed by atoms with Crippen LogP contribution in [0.2, 0.25) is 5.02 Å². The molecular weight excluding hydrogens is 460 g/mol. The van der Waals surface area contributed by atoms with Crippen molar-refractivity contribution in [2.45, 2.75) is 33.1 Å². The zero-order valence-corrected chi connectivity index (χ0v) is 21.2. The fourth-order valence-corrected chi connectivity index (χ4v) is 5.93. The van der Waals surface area contributed by atoms with E-state index in [2.05, 4.69) is 46.1 Å². The van der Waals surface area contributed by atoms with Crippen LogP contribution >= 0.6 is 11.6 Å². The molecule has 0 bridgehead atoms. The average molecular weight is 491 g/mol. The fraction of sp³-hybridized carbons (Fsp3) is 0.370. The SMILES string of the molecule is CNc1ccc(-c2cnc(-n3c(C)ccc3C)c(Cl)c2N2CCC3(CCNC3=O)CC2)cc1C=N. The Morgan fingerprint density at radius 3 is 2.46 bits per heavy atom. The van der Waals surface area contributed by atoms with E-state index in [1.807, 2.05) is 31.4 Å². The Morgan fingerprint density at radius 1 is 1.14 bits per heavy atom. The Kier molecular flexibility index (Phi) is 6.05. The number of halogens is 1. The number of benzene rings is 1. The molecule has 0 atom stereocenters. The van der Waals surface area contributed by atoms with Gasteiger partial charge in [-0.1, -0.05) is 17.7 Å². The predicted molar refractivity (Wildman–Crippen MR) is 142 cm³/mol. The molecule has 182 valence electrons. The molecule has 1 aromatic carbocycles. The van der Waals surface area contributed by atoms with Crippen molar-refractivity contribution in [1.29, 1.82) is 5.41 Å². The van der Waals surface area contributed by atoms with Gasteiger partial charge in [0.1, 0.15) is 5.02 Å². The number of carbonyl (C=O) groups excluding carboxylic acids is 1. The zero-order chi connectivity index (χ0) is 24.7. The smallest absolute Gasteiger partial charge is 0.226 e. The quantitative estimate of drug-likeness (QED) is 0.441. The molecule has 0 aliphatic carbocycles. The summed E-state index contributed by atoms with van der Waals surface area (Å²) in [4.78, 5) is 19.7. The molecule has 3 aromatic rings. The van der Waals surface area contributed by atoms with Gasteiger partial charge in [0.05, 0.1) is 11.1 Å². The van der Waals surface area contributed by atoms with E-state index in [4.69, 9.17) is 22.0 Å². The van der Waals surface area contributed by atoms with E-state index in [-0.39, 0.29) is 11.3 Å². The number of aromatic nitrogens is 2. The summed E-state index contributed by atoms with van der Waals surface area (Å²) in [6.45, 7) is 6.36. The lowest BCUT2D eigenvalue weighted by Gasteiger charge is -2.39. The maximum absolute atomic E-state index is 12.6. The molecule has 1 spiro atoms. The molecule has 8 heteroatoms. The first kappa shape index (κ1) is 23.4. The van der Waals surface area contributed by atoms with Crippen molar-refractivity contribution in [1.82, 2.24) is 14.9 Å². The van der Waals surface area contributed by atoms with Gasteiger partial charge >= 0.3 is 0 Å². The number of anilines is 2. The van der Waals surface area contributed by atoms with Crippen molar-refractivity contribution in [2.24, 2.45) is 5.41 Å². The van der Waals surface area contributed by atoms with Crippen LogP contribution in [0.3, 0.4) is 0 Å². The molecule has 2 aromatic heterocycles. The summed E-state index contributed by atoms with van der Waals surface area (Å²) in [5.74, 6) is 0.902. The maximum Gasteiger partial charge on any atom is 0.226 e. The number of amides is 1. The highest BCUT2D eigenvalue weighted by molar-refractivity contribution is 6.35. The van der Waals surface area contributed by atoms with E-state index in [0.29, 0.717) is 10.8 Å². The van der Waals surface area contributed by atoms with E-state index in [0.717, 1.165) is 78.3 Å². The first-order valence-corrected chi connectivity index (χ1v) is 12.5. The third kappa shape index (κ3) is 3.88. The number of nitrogens with zero attached hydrogens (tertiary/aromatic N) is 3. The minimum absolute atomic E-state index is 0.191. The minimum Gasteiger partial charge on any atom is -0.388 e. The van der Waals surface area contributed by atoms with Crippen LogP contribution in [0.25, 0.3) is 16.9 Å². The van der Waals surface area contributed by atoms with E-state index in [1.54, 1.807) is 0 Å². The van der Waals surface area contributed by atoms with Gasteiger partial charge in [0.15, 0.2) is 5.82 Å². The molecule has 7 nitrogen and oxygen atoms in total. The van der Waals surface area contributed by atoms with E-state index < -0.39 is 0 Å². The highest BCUT2D eigenvalue weighted by Crippen LogP contribution is 2.45. The Labute approximate surface area is 211 Å². The van der Waals surface area contributed by atoms with Crippen LogP contribution in [-0.2, 0) is 4.79 Å². The number of nitrogens with one attached hydrogen (secondary N) is 3. The van der Waals surface area contributed by atoms with Gasteiger partial charge in [0.2, 0.25) is 5.91 Å². The topological polar surface area (TPSA) is 86.0 Å². The highest BCUT2D eigenvalue weighted by Gasteiger charge is 2.45. The van der Waals surface area contributed by atoms with Crippen LogP contribution in [0.5, 0.6) is 0 Å². The third-order valence-corrected chi connectivity index (χ3v) is 8.00. The van der Waals surface area contributed by atoms with E-state index >= 15 is 0 Å². The number of piperidine rings is 1. The first-order chi connectivity index (χ1) is 16.9. The lowest BCUT2D eigenvalue weighted by Crippen LogP contribution is -2.44. The molecule has 2 aliphatic rings. The molecule has 35 heavy (non-hydrogen) atoms. The van der Waals surface area contributed by atoms with Crippen LogP contribution in [0, 0.1) is 24.7 Å². The van der Waals surface area contributed by atoms with Crippen molar-refractivity contribution < 1.29 is 4.79 Å². The number of hydrogen-bond acceptors (Lipinski definition) is 5. The van der Waals surface area contributed by atoms with Crippen LogP contribution < -0.4 is 15.5 Å². The second-order valence-electron chi connectivity index (χ2n) is 9.58. The molecule has 2 aliphatic heterocycles. The minimum atomic E-state index is -0.256. The molecule has 0 saturated carbocycles. The summed E-state index contributed by atoms with van der Waals surface area (Å²) < 4.78 is 2.08. The van der Waals surface area contributed by atoms with Crippen molar-refractivity contribution in [3.8, 4) is 16.9 Å². The summed E-state index contributed by atoms with van der Waals surface area (Å²) in [6.07, 6.45) is 5.76. The summed E-state index contributed by atoms with van der Waals surface area (Å²) in [5.41, 5.74) is 6.40. The lowest BCUT2D eigenvalue weighted by molar-refractivity contribution is -0.128. The lowest BCUT2D eigenvalue weighted by atomic mass is 9.77. The van der Waals surface area contributed by atoms with Crippen LogP contribution in [0.4, 0.5) is 11.4 Å². The third-order valence-electron chi connectivity index (χ3n) is 7.65. The largest absolute Gasteiger partial charge is 0.388 e. The molecule has 2 fully saturated rings. The van der Waals surface area contributed by atoms with Gasteiger partial charge in [-0.3, -0.25) is 4.79 Å². The van der Waals surface area contributed by atoms with Gasteiger partial charge in [0.25, 0.3) is 0 Å². The number of carbonyl (C=O) groups is 1. The monoisotopic (exact) mass is 490 g/mol. The standard InChI is InChI=1S/C27H31ClN6O/c1-17-4-5-18(2)34(17)25-23(28)24(33-12-9-27(10-13-33)8-11-31-26(27)35)21(16-32-25)19-6-7-22(30-3)20(14-19)15-29/h4-7,14-16,29-30H,8-13H2,1-3H3,(H,31,35). The first-order valence-electron chi connectivity index (χ1n) is 12.1. The van der Waals surface area contributed by atoms with Crippen molar-refractivity contribution in [2.75, 3.05) is 36.9 Å². The van der Waals surface area contributed by atoms with Crippen molar-refractivity contribution in [3.63, 3.8) is 0 Å². The van der Waals surface area contributed by atoms with Gasteiger partial charge in [-0.15, -0.1) is 0 Å². The van der Waals surface area contributed by atoms with Gasteiger partial charge in [-0.2, -0.15) is 0 Å². The molecule has 1 amide bonds. The molecule has 2 saturated heterocycles. The fourth-order valence-electron chi connectivity index (χ4n) is 5.58. The van der Waals surface area contributed by atoms with E-state index in [9.17, 15) is 4.79 Å². The van der Waals surface area contributed by atoms with Gasteiger partial charge < -0.3 is 25.5 Å². The Hall–Kier alpha value is -3.32. The molecular formula is C27H31ClN6O. The molecule has 3 N–H and O–H groups in total. The summed E-state index contributed by atoms with van der Waals surface area (Å²) >= 11 is 7.18. The van der Waals surface area contributed by atoms with Gasteiger partial charge in [-0.25, -0.2) is 4.98 Å². The number of hydrogen-bond donors (Lipinski definition) is 3. The molecule has 0 radical (unpaired) electrons. The number of pyridine rings is 1. The zero-order valence-electron chi connectivity index (χ0n) is 20.4. The molecule has 4 heterocycles. The van der Waals surface area contributed by atoms with Crippen molar-refractivity contribution in [3.05, 3.63) is 58.5 Å². The normalized spacial score (nSPS) is 17.0. The van der Waals surface area contributed by atoms with Crippen LogP contribution in [0.1, 0.15) is 36.2 Å². The van der Waals surface area contributed by atoms with Crippen LogP contribution in [-0.4, -0.2) is 48.4 Å². The van der Waals surface area contributed by atoms with Gasteiger partial charge in [0, 0.05) is 67.3 Å².